The molecule has 0 spiro atoms. The number of ether oxygens (including phenoxy) is 8. The molecule has 0 saturated carbocycles. The Bertz CT molecular complexity index is 2750. The van der Waals surface area contributed by atoms with Crippen molar-refractivity contribution < 1.29 is 62.8 Å². The van der Waals surface area contributed by atoms with Crippen molar-refractivity contribution in [3.8, 4) is 0 Å². The number of benzene rings is 7. The van der Waals surface area contributed by atoms with Gasteiger partial charge in [0, 0.05) is 0 Å². The van der Waals surface area contributed by atoms with E-state index in [9.17, 15) is 24.9 Å². The van der Waals surface area contributed by atoms with Gasteiger partial charge < -0.3 is 63.8 Å². The topological polar surface area (TPSA) is 193 Å². The van der Waals surface area contributed by atoms with Crippen LogP contribution in [-0.2, 0) is 74.7 Å². The van der Waals surface area contributed by atoms with Crippen LogP contribution in [0.1, 0.15) is 38.9 Å². The molecule has 2 aliphatic heterocycles. The van der Waals surface area contributed by atoms with Crippen LogP contribution in [0.5, 0.6) is 0 Å². The Morgan fingerprint density at radius 3 is 1.39 bits per heavy atom. The Hall–Kier alpha value is -7.12. The average molecular weight is 1050 g/mol. The molecule has 5 N–H and O–H groups in total. The molecule has 7 aromatic carbocycles. The zero-order valence-corrected chi connectivity index (χ0v) is 42.4. The van der Waals surface area contributed by atoms with Crippen LogP contribution in [0.3, 0.4) is 0 Å². The van der Waals surface area contributed by atoms with Crippen LogP contribution < -0.4 is 10.6 Å². The molecule has 2 fully saturated rings. The van der Waals surface area contributed by atoms with Gasteiger partial charge in [-0.05, 0) is 38.9 Å². The third kappa shape index (κ3) is 14.1. The van der Waals surface area contributed by atoms with Gasteiger partial charge in [-0.15, -0.1) is 0 Å². The fraction of sp³-hybridized carbons (Fsp3) is 0.290. The molecule has 9 rings (SSSR count). The molecule has 2 amide bonds. The molecule has 77 heavy (non-hydrogen) atoms. The lowest BCUT2D eigenvalue weighted by Crippen LogP contribution is -2.68. The van der Waals surface area contributed by atoms with Gasteiger partial charge in [0.1, 0.15) is 67.5 Å². The minimum Gasteiger partial charge on any atom is -0.445 e. The van der Waals surface area contributed by atoms with Crippen molar-refractivity contribution in [3.63, 3.8) is 0 Å². The Kier molecular flexibility index (Phi) is 19.4. The number of rotatable bonds is 23. The largest absolute Gasteiger partial charge is 0.445 e. The molecule has 15 nitrogen and oxygen atoms in total. The highest BCUT2D eigenvalue weighted by molar-refractivity contribution is 5.80. The van der Waals surface area contributed by atoms with Crippen molar-refractivity contribution in [2.75, 3.05) is 19.8 Å². The molecule has 2 aliphatic rings. The molecule has 15 heteroatoms. The van der Waals surface area contributed by atoms with Crippen LogP contribution in [0.25, 0.3) is 0 Å². The molecule has 0 aromatic heterocycles. The summed E-state index contributed by atoms with van der Waals surface area (Å²) in [5.41, 5.74) is 4.37. The lowest BCUT2D eigenvalue weighted by atomic mass is 9.77. The van der Waals surface area contributed by atoms with E-state index in [0.717, 1.165) is 33.4 Å². The molecular formula is C62H64N2O13. The SMILES string of the molecule is O=C(CO[C@@H]1O[C@H](COCc2ccccc2)[C@@H](O[C@@H]2O[C@H](CO)[C@@H](OCc3ccccc3)[C@H](OCc3ccccc3)[C@H]2O)[C@H](O)[C@H]1NC(=O)OCc1ccccc1)NC(c1ccccc1)(c1ccccc1)c1ccccc1. The van der Waals surface area contributed by atoms with Gasteiger partial charge in [-0.25, -0.2) is 4.79 Å². The predicted octanol–water partition coefficient (Wildman–Crippen LogP) is 7.34. The van der Waals surface area contributed by atoms with Crippen LogP contribution in [0.2, 0.25) is 0 Å². The number of aliphatic hydroxyl groups excluding tert-OH is 3. The number of nitrogens with one attached hydrogen (secondary N) is 2. The summed E-state index contributed by atoms with van der Waals surface area (Å²) in [6.45, 7) is -1.17. The van der Waals surface area contributed by atoms with Crippen LogP contribution in [0, 0.1) is 0 Å². The van der Waals surface area contributed by atoms with E-state index < -0.39 is 92.1 Å². The number of alkyl carbamates (subject to hydrolysis) is 1. The van der Waals surface area contributed by atoms with Crippen LogP contribution in [-0.4, -0.2) is 108 Å². The summed E-state index contributed by atoms with van der Waals surface area (Å²) in [7, 11) is 0. The van der Waals surface area contributed by atoms with E-state index in [2.05, 4.69) is 10.6 Å². The molecule has 0 bridgehead atoms. The monoisotopic (exact) mass is 1040 g/mol. The molecule has 400 valence electrons. The van der Waals surface area contributed by atoms with Gasteiger partial charge in [0.05, 0.1) is 33.0 Å². The molecule has 10 atom stereocenters. The zero-order valence-electron chi connectivity index (χ0n) is 42.4. The van der Waals surface area contributed by atoms with Gasteiger partial charge in [0.2, 0.25) is 5.91 Å². The smallest absolute Gasteiger partial charge is 0.407 e. The number of hydrogen-bond acceptors (Lipinski definition) is 13. The van der Waals surface area contributed by atoms with Gasteiger partial charge in [-0.1, -0.05) is 212 Å². The predicted molar refractivity (Wildman–Crippen MR) is 284 cm³/mol. The summed E-state index contributed by atoms with van der Waals surface area (Å²) in [6.07, 6.45) is -13.1. The number of amides is 2. The van der Waals surface area contributed by atoms with Crippen molar-refractivity contribution >= 4 is 12.0 Å². The van der Waals surface area contributed by atoms with Crippen molar-refractivity contribution in [1.29, 1.82) is 0 Å². The number of hydrogen-bond donors (Lipinski definition) is 5. The second-order valence-corrected chi connectivity index (χ2v) is 18.8. The highest BCUT2D eigenvalue weighted by atomic mass is 16.7. The lowest BCUT2D eigenvalue weighted by Gasteiger charge is -2.48. The molecular weight excluding hydrogens is 981 g/mol. The number of carbonyl (C=O) groups is 2. The van der Waals surface area contributed by atoms with E-state index in [1.165, 1.54) is 0 Å². The first-order valence-corrected chi connectivity index (χ1v) is 25.7. The van der Waals surface area contributed by atoms with Crippen LogP contribution >= 0.6 is 0 Å². The summed E-state index contributed by atoms with van der Waals surface area (Å²) in [4.78, 5) is 28.5. The standard InChI is InChI=1S/C62H64N2O13/c65-36-50-57(71-38-44-24-10-2-11-25-44)58(72-39-45-26-12-3-13-27-45)55(68)60(75-50)77-56-51(41-70-37-43-22-8-1-9-23-43)76-59(53(54(56)67)63-61(69)74-40-46-28-14-4-15-29-46)73-42-52(66)64-62(47-30-16-5-17-31-47,48-32-18-6-19-33-48)49-34-20-7-21-35-49/h1-35,50-51,53-60,65,67-68H,36-42H2,(H,63,69)(H,64,66)/t50-,51-,53-,54-,55-,56-,57-,58-,59-,60+/m1/s1. The normalized spacial score (nSPS) is 23.4. The lowest BCUT2D eigenvalue weighted by molar-refractivity contribution is -0.355. The number of aliphatic hydroxyl groups is 3. The molecule has 0 radical (unpaired) electrons. The second-order valence-electron chi connectivity index (χ2n) is 18.8. The van der Waals surface area contributed by atoms with Crippen molar-refractivity contribution in [2.24, 2.45) is 0 Å². The van der Waals surface area contributed by atoms with Crippen LogP contribution in [0.15, 0.2) is 212 Å². The molecule has 0 aliphatic carbocycles. The van der Waals surface area contributed by atoms with E-state index in [1.54, 1.807) is 12.1 Å². The summed E-state index contributed by atoms with van der Waals surface area (Å²) in [6, 6.07) is 64.6. The van der Waals surface area contributed by atoms with E-state index >= 15 is 0 Å². The second kappa shape index (κ2) is 27.3. The van der Waals surface area contributed by atoms with Gasteiger partial charge in [0.25, 0.3) is 0 Å². The molecule has 2 heterocycles. The van der Waals surface area contributed by atoms with Crippen molar-refractivity contribution in [2.45, 2.75) is 93.3 Å². The summed E-state index contributed by atoms with van der Waals surface area (Å²) in [5, 5.41) is 41.9. The maximum absolute atomic E-state index is 14.6. The van der Waals surface area contributed by atoms with Gasteiger partial charge in [-0.2, -0.15) is 0 Å². The Labute approximate surface area is 448 Å². The first kappa shape index (κ1) is 54.7. The highest BCUT2D eigenvalue weighted by Crippen LogP contribution is 2.38. The minimum atomic E-state index is -1.71. The van der Waals surface area contributed by atoms with Crippen LogP contribution in [0.4, 0.5) is 4.79 Å². The Morgan fingerprint density at radius 2 is 0.909 bits per heavy atom. The third-order valence-corrected chi connectivity index (χ3v) is 13.5. The Balaban J connectivity index is 1.01. The minimum absolute atomic E-state index is 0.0661. The highest BCUT2D eigenvalue weighted by Gasteiger charge is 2.53. The van der Waals surface area contributed by atoms with E-state index in [0.29, 0.717) is 5.56 Å². The summed E-state index contributed by atoms with van der Waals surface area (Å²) < 4.78 is 50.7. The van der Waals surface area contributed by atoms with E-state index in [4.69, 9.17) is 37.9 Å². The van der Waals surface area contributed by atoms with Crippen molar-refractivity contribution in [3.05, 3.63) is 251 Å². The average Bonchev–Trinajstić information content (AvgIpc) is 3.51. The first-order valence-electron chi connectivity index (χ1n) is 25.7. The molecule has 7 aromatic rings. The fourth-order valence-electron chi connectivity index (χ4n) is 9.70. The van der Waals surface area contributed by atoms with Gasteiger partial charge in [0.15, 0.2) is 12.6 Å². The zero-order chi connectivity index (χ0) is 53.2. The van der Waals surface area contributed by atoms with Gasteiger partial charge >= 0.3 is 6.09 Å². The maximum atomic E-state index is 14.6. The quantitative estimate of drug-likeness (QED) is 0.0400. The Morgan fingerprint density at radius 1 is 0.481 bits per heavy atom. The molecule has 2 saturated heterocycles. The summed E-state index contributed by atoms with van der Waals surface area (Å²) >= 11 is 0. The summed E-state index contributed by atoms with van der Waals surface area (Å²) in [5.74, 6) is -0.556. The van der Waals surface area contributed by atoms with E-state index in [-0.39, 0.29) is 33.0 Å². The van der Waals surface area contributed by atoms with Crippen molar-refractivity contribution in [1.82, 2.24) is 10.6 Å². The number of carbonyl (C=O) groups excluding carboxylic acids is 2. The van der Waals surface area contributed by atoms with Gasteiger partial charge in [-0.3, -0.25) is 4.79 Å². The van der Waals surface area contributed by atoms with E-state index in [1.807, 2.05) is 200 Å². The maximum Gasteiger partial charge on any atom is 0.407 e. The molecule has 0 unspecified atom stereocenters. The fourth-order valence-corrected chi connectivity index (χ4v) is 9.70. The third-order valence-electron chi connectivity index (χ3n) is 13.5. The first-order chi connectivity index (χ1) is 37.8.